The van der Waals surface area contributed by atoms with E-state index in [9.17, 15) is 28.1 Å². The third kappa shape index (κ3) is 2.92. The van der Waals surface area contributed by atoms with E-state index in [0.29, 0.717) is 23.3 Å². The fraction of sp³-hybridized carbons (Fsp3) is 0.353. The predicted octanol–water partition coefficient (Wildman–Crippen LogP) is 3.47. The van der Waals surface area contributed by atoms with Crippen molar-refractivity contribution in [2.75, 3.05) is 5.32 Å². The van der Waals surface area contributed by atoms with Crippen molar-refractivity contribution < 1.29 is 22.9 Å². The molecular formula is C17H14F3N5O3. The molecule has 2 aromatic rings. The zero-order valence-corrected chi connectivity index (χ0v) is 14.5. The number of nitrogens with zero attached hydrogens (tertiary/aromatic N) is 4. The number of benzene rings is 1. The fourth-order valence-corrected chi connectivity index (χ4v) is 3.61. The lowest BCUT2D eigenvalue weighted by molar-refractivity contribution is -0.384. The summed E-state index contributed by atoms with van der Waals surface area (Å²) in [6.45, 7) is 1.88. The van der Waals surface area contributed by atoms with Gasteiger partial charge in [-0.2, -0.15) is 18.2 Å². The molecule has 4 rings (SSSR count). The number of non-ortho nitro benzene ring substituents is 1. The molecule has 0 spiro atoms. The van der Waals surface area contributed by atoms with Gasteiger partial charge in [0.1, 0.15) is 6.04 Å². The number of hydrogen-bond donors (Lipinski definition) is 1. The molecule has 2 atom stereocenters. The lowest BCUT2D eigenvalue weighted by Gasteiger charge is -2.34. The Morgan fingerprint density at radius 3 is 2.54 bits per heavy atom. The highest BCUT2D eigenvalue weighted by atomic mass is 19.4. The molecule has 0 saturated carbocycles. The van der Waals surface area contributed by atoms with Gasteiger partial charge in [0, 0.05) is 29.8 Å². The summed E-state index contributed by atoms with van der Waals surface area (Å²) in [5.41, 5.74) is 1.09. The van der Waals surface area contributed by atoms with E-state index < -0.39 is 23.0 Å². The van der Waals surface area contributed by atoms with Crippen LogP contribution in [0.2, 0.25) is 0 Å². The van der Waals surface area contributed by atoms with Crippen molar-refractivity contribution in [3.8, 4) is 0 Å². The summed E-state index contributed by atoms with van der Waals surface area (Å²) >= 11 is 0. The number of Topliss-reactive ketones (excluding diaryl/α,β-unsaturated/α-hetero) is 1. The van der Waals surface area contributed by atoms with E-state index in [1.165, 1.54) is 24.3 Å². The Morgan fingerprint density at radius 2 is 1.93 bits per heavy atom. The Balaban J connectivity index is 1.88. The van der Waals surface area contributed by atoms with Crippen LogP contribution in [0, 0.1) is 16.0 Å². The van der Waals surface area contributed by atoms with E-state index in [-0.39, 0.29) is 29.8 Å². The molecule has 1 aromatic heterocycles. The molecule has 8 nitrogen and oxygen atoms in total. The van der Waals surface area contributed by atoms with Gasteiger partial charge in [0.15, 0.2) is 5.78 Å². The van der Waals surface area contributed by atoms with Gasteiger partial charge in [-0.3, -0.25) is 14.9 Å². The first kappa shape index (κ1) is 18.1. The predicted molar refractivity (Wildman–Crippen MR) is 90.3 cm³/mol. The minimum absolute atomic E-state index is 0.0350. The molecule has 28 heavy (non-hydrogen) atoms. The van der Waals surface area contributed by atoms with Crippen LogP contribution in [-0.4, -0.2) is 25.5 Å². The number of rotatable bonds is 2. The van der Waals surface area contributed by atoms with Crippen molar-refractivity contribution in [3.05, 3.63) is 57.0 Å². The van der Waals surface area contributed by atoms with Crippen LogP contribution in [0.4, 0.5) is 24.8 Å². The van der Waals surface area contributed by atoms with Crippen molar-refractivity contribution >= 4 is 17.4 Å². The molecular weight excluding hydrogens is 379 g/mol. The molecule has 0 unspecified atom stereocenters. The van der Waals surface area contributed by atoms with Crippen LogP contribution < -0.4 is 5.32 Å². The fourth-order valence-electron chi connectivity index (χ4n) is 3.61. The van der Waals surface area contributed by atoms with E-state index in [1.807, 2.05) is 6.92 Å². The SMILES string of the molecule is C[C@@H]1CC(=O)C2=C(C1)Nc1nc(C(F)(F)F)nn1[C@H]2c1ccc([N+](=O)[O-])cc1. The maximum atomic E-state index is 13.1. The van der Waals surface area contributed by atoms with Crippen LogP contribution in [0.1, 0.15) is 37.2 Å². The summed E-state index contributed by atoms with van der Waals surface area (Å²) < 4.78 is 40.4. The summed E-state index contributed by atoms with van der Waals surface area (Å²) in [7, 11) is 0. The van der Waals surface area contributed by atoms with Gasteiger partial charge in [-0.25, -0.2) is 4.68 Å². The highest BCUT2D eigenvalue weighted by Crippen LogP contribution is 2.42. The average molecular weight is 393 g/mol. The molecule has 11 heteroatoms. The van der Waals surface area contributed by atoms with Crippen molar-refractivity contribution in [2.45, 2.75) is 32.0 Å². The molecule has 1 aliphatic heterocycles. The first-order chi connectivity index (χ1) is 13.1. The van der Waals surface area contributed by atoms with Crippen LogP contribution in [-0.2, 0) is 11.0 Å². The first-order valence-electron chi connectivity index (χ1n) is 8.46. The number of allylic oxidation sites excluding steroid dienone is 2. The highest BCUT2D eigenvalue weighted by molar-refractivity contribution is 5.99. The molecule has 0 bridgehead atoms. The number of aromatic nitrogens is 3. The average Bonchev–Trinajstić information content (AvgIpc) is 3.03. The zero-order valence-electron chi connectivity index (χ0n) is 14.5. The Hall–Kier alpha value is -3.24. The van der Waals surface area contributed by atoms with E-state index in [1.54, 1.807) is 0 Å². The molecule has 0 fully saturated rings. The second-order valence-corrected chi connectivity index (χ2v) is 6.91. The number of alkyl halides is 3. The molecule has 2 heterocycles. The van der Waals surface area contributed by atoms with E-state index in [4.69, 9.17) is 0 Å². The maximum Gasteiger partial charge on any atom is 0.453 e. The van der Waals surface area contributed by atoms with Crippen LogP contribution in [0.25, 0.3) is 0 Å². The number of nitrogens with one attached hydrogen (secondary N) is 1. The number of ketones is 1. The Kier molecular flexibility index (Phi) is 3.98. The van der Waals surface area contributed by atoms with Crippen molar-refractivity contribution in [1.82, 2.24) is 14.8 Å². The van der Waals surface area contributed by atoms with Gasteiger partial charge in [0.2, 0.25) is 5.95 Å². The summed E-state index contributed by atoms with van der Waals surface area (Å²) in [5.74, 6) is -1.59. The number of nitro groups is 1. The van der Waals surface area contributed by atoms with Gasteiger partial charge in [-0.1, -0.05) is 6.92 Å². The number of hydrogen-bond acceptors (Lipinski definition) is 6. The summed E-state index contributed by atoms with van der Waals surface area (Å²) in [4.78, 5) is 26.6. The number of carbonyl (C=O) groups excluding carboxylic acids is 1. The molecule has 1 N–H and O–H groups in total. The molecule has 0 saturated heterocycles. The number of fused-ring (bicyclic) bond motifs is 1. The van der Waals surface area contributed by atoms with Crippen LogP contribution in [0.15, 0.2) is 35.5 Å². The largest absolute Gasteiger partial charge is 0.453 e. The van der Waals surface area contributed by atoms with E-state index >= 15 is 0 Å². The second kappa shape index (κ2) is 6.14. The summed E-state index contributed by atoms with van der Waals surface area (Å²) in [6, 6.07) is 4.39. The standard InChI is InChI=1S/C17H14F3N5O3/c1-8-6-11-13(12(26)7-8)14(9-2-4-10(5-3-9)25(27)28)24-16(21-11)22-15(23-24)17(18,19)20/h2-5,8,14H,6-7H2,1H3,(H,21,22,23)/t8-,14-/m0/s1. The number of nitro benzene ring substituents is 1. The highest BCUT2D eigenvalue weighted by Gasteiger charge is 2.43. The normalized spacial score (nSPS) is 21.8. The van der Waals surface area contributed by atoms with Gasteiger partial charge >= 0.3 is 6.18 Å². The molecule has 1 aliphatic carbocycles. The second-order valence-electron chi connectivity index (χ2n) is 6.91. The monoisotopic (exact) mass is 393 g/mol. The van der Waals surface area contributed by atoms with Crippen molar-refractivity contribution in [2.24, 2.45) is 5.92 Å². The van der Waals surface area contributed by atoms with Crippen LogP contribution in [0.3, 0.4) is 0 Å². The molecule has 2 aliphatic rings. The molecule has 146 valence electrons. The Labute approximate surface area is 156 Å². The lowest BCUT2D eigenvalue weighted by atomic mass is 9.81. The Morgan fingerprint density at radius 1 is 1.25 bits per heavy atom. The smallest absolute Gasteiger partial charge is 0.328 e. The molecule has 1 aromatic carbocycles. The van der Waals surface area contributed by atoms with Gasteiger partial charge in [-0.05, 0) is 30.0 Å². The minimum atomic E-state index is -4.75. The lowest BCUT2D eigenvalue weighted by Crippen LogP contribution is -2.33. The maximum absolute atomic E-state index is 13.1. The number of anilines is 1. The van der Waals surface area contributed by atoms with Crippen LogP contribution >= 0.6 is 0 Å². The first-order valence-corrected chi connectivity index (χ1v) is 8.46. The topological polar surface area (TPSA) is 103 Å². The van der Waals surface area contributed by atoms with Crippen molar-refractivity contribution in [1.29, 1.82) is 0 Å². The summed E-state index contributed by atoms with van der Waals surface area (Å²) in [6.07, 6.45) is -4.00. The van der Waals surface area contributed by atoms with Gasteiger partial charge in [0.05, 0.1) is 4.92 Å². The van der Waals surface area contributed by atoms with Crippen molar-refractivity contribution in [3.63, 3.8) is 0 Å². The quantitative estimate of drug-likeness (QED) is 0.619. The number of halogens is 3. The zero-order chi connectivity index (χ0) is 20.2. The minimum Gasteiger partial charge on any atom is -0.328 e. The van der Waals surface area contributed by atoms with Gasteiger partial charge in [-0.15, -0.1) is 5.10 Å². The molecule has 0 radical (unpaired) electrons. The van der Waals surface area contributed by atoms with Gasteiger partial charge in [0.25, 0.3) is 11.5 Å². The van der Waals surface area contributed by atoms with Crippen LogP contribution in [0.5, 0.6) is 0 Å². The van der Waals surface area contributed by atoms with Gasteiger partial charge < -0.3 is 5.32 Å². The third-order valence-corrected chi connectivity index (χ3v) is 4.80. The number of carbonyl (C=O) groups is 1. The van der Waals surface area contributed by atoms with E-state index in [2.05, 4.69) is 15.4 Å². The Bertz CT molecular complexity index is 1010. The summed E-state index contributed by atoms with van der Waals surface area (Å²) in [5, 5.41) is 17.3. The van der Waals surface area contributed by atoms with E-state index in [0.717, 1.165) is 4.68 Å². The molecule has 0 amide bonds. The third-order valence-electron chi connectivity index (χ3n) is 4.80.